The molecule has 0 radical (unpaired) electrons. The number of ether oxygens (including phenoxy) is 1. The summed E-state index contributed by atoms with van der Waals surface area (Å²) < 4.78 is 5.18. The van der Waals surface area contributed by atoms with Crippen molar-refractivity contribution in [2.45, 2.75) is 40.3 Å². The fraction of sp³-hybridized carbons (Fsp3) is 0.500. The van der Waals surface area contributed by atoms with E-state index in [9.17, 15) is 4.79 Å². The van der Waals surface area contributed by atoms with E-state index in [0.717, 1.165) is 12.0 Å². The number of benzene rings is 1. The number of amides is 1. The van der Waals surface area contributed by atoms with Crippen LogP contribution >= 0.6 is 0 Å². The van der Waals surface area contributed by atoms with Crippen LogP contribution < -0.4 is 0 Å². The van der Waals surface area contributed by atoms with E-state index in [1.54, 1.807) is 11.8 Å². The molecule has 3 rings (SSSR count). The monoisotopic (exact) mass is 340 g/mol. The Bertz CT molecular complexity index is 740. The van der Waals surface area contributed by atoms with Crippen LogP contribution in [0, 0.1) is 22.7 Å². The van der Waals surface area contributed by atoms with Crippen molar-refractivity contribution in [1.82, 2.24) is 4.90 Å². The molecule has 25 heavy (non-hydrogen) atoms. The van der Waals surface area contributed by atoms with Gasteiger partial charge in [0.2, 0.25) is 6.23 Å². The van der Waals surface area contributed by atoms with E-state index >= 15 is 0 Å². The summed E-state index contributed by atoms with van der Waals surface area (Å²) in [5, 5.41) is 4.26. The van der Waals surface area contributed by atoms with Gasteiger partial charge in [-0.05, 0) is 36.8 Å². The largest absolute Gasteiger partial charge is 0.450 e. The van der Waals surface area contributed by atoms with Crippen molar-refractivity contribution in [2.24, 2.45) is 16.0 Å². The summed E-state index contributed by atoms with van der Waals surface area (Å²) in [6.07, 6.45) is -0.0693. The maximum Gasteiger partial charge on any atom is 0.412 e. The minimum atomic E-state index is -0.466. The minimum Gasteiger partial charge on any atom is -0.450 e. The maximum atomic E-state index is 12.3. The number of hydrogen-bond acceptors (Lipinski definition) is 4. The maximum absolute atomic E-state index is 12.3. The molecule has 1 aromatic rings. The second-order valence-corrected chi connectivity index (χ2v) is 7.38. The summed E-state index contributed by atoms with van der Waals surface area (Å²) in [5.41, 5.74) is 1.04. The van der Waals surface area contributed by atoms with Crippen molar-refractivity contribution >= 4 is 11.8 Å². The zero-order valence-electron chi connectivity index (χ0n) is 15.2. The van der Waals surface area contributed by atoms with E-state index in [1.807, 2.05) is 30.3 Å². The Hall–Kier alpha value is -2.48. The highest BCUT2D eigenvalue weighted by atomic mass is 16.7. The minimum absolute atomic E-state index is 0.167. The zero-order valence-corrected chi connectivity index (χ0v) is 15.2. The molecule has 2 unspecified atom stereocenters. The molecule has 0 saturated carbocycles. The second-order valence-electron chi connectivity index (χ2n) is 7.38. The van der Waals surface area contributed by atoms with Crippen molar-refractivity contribution in [3.8, 4) is 11.8 Å². The van der Waals surface area contributed by atoms with Crippen LogP contribution in [-0.2, 0) is 9.57 Å². The third-order valence-electron chi connectivity index (χ3n) is 5.06. The lowest BCUT2D eigenvalue weighted by Crippen LogP contribution is -2.50. The highest BCUT2D eigenvalue weighted by Crippen LogP contribution is 2.54. The number of rotatable bonds is 1. The summed E-state index contributed by atoms with van der Waals surface area (Å²) in [5.74, 6) is 6.37. The summed E-state index contributed by atoms with van der Waals surface area (Å²) in [7, 11) is 0. The number of likely N-dealkylation sites (tertiary alicyclic amines) is 1. The Balaban J connectivity index is 1.94. The van der Waals surface area contributed by atoms with E-state index in [1.165, 1.54) is 0 Å². The Labute approximate surface area is 149 Å². The smallest absolute Gasteiger partial charge is 0.412 e. The van der Waals surface area contributed by atoms with Gasteiger partial charge in [-0.15, -0.1) is 0 Å². The van der Waals surface area contributed by atoms with Gasteiger partial charge < -0.3 is 9.57 Å². The molecule has 132 valence electrons. The fourth-order valence-electron chi connectivity index (χ4n) is 3.65. The fourth-order valence-corrected chi connectivity index (χ4v) is 3.65. The van der Waals surface area contributed by atoms with Crippen molar-refractivity contribution in [1.29, 1.82) is 0 Å². The molecule has 1 fully saturated rings. The SMILES string of the molecule is CCOC(=O)N1CCC2(C(C)(C)C)C(C#Cc3ccccc3)=NOC12. The number of fused-ring (bicyclic) bond motifs is 1. The average molecular weight is 340 g/mol. The molecule has 1 amide bonds. The van der Waals surface area contributed by atoms with Gasteiger partial charge in [-0.3, -0.25) is 4.90 Å². The molecule has 0 spiro atoms. The molecule has 5 heteroatoms. The third kappa shape index (κ3) is 2.86. The molecule has 1 aromatic carbocycles. The Kier molecular flexibility index (Phi) is 4.47. The van der Waals surface area contributed by atoms with Gasteiger partial charge >= 0.3 is 6.09 Å². The van der Waals surface area contributed by atoms with Crippen LogP contribution in [0.3, 0.4) is 0 Å². The highest BCUT2D eigenvalue weighted by molar-refractivity contribution is 6.07. The lowest BCUT2D eigenvalue weighted by atomic mass is 9.62. The number of nitrogens with zero attached hydrogens (tertiary/aromatic N) is 2. The predicted molar refractivity (Wildman–Crippen MR) is 95.9 cm³/mol. The normalized spacial score (nSPS) is 24.7. The third-order valence-corrected chi connectivity index (χ3v) is 5.06. The first-order valence-electron chi connectivity index (χ1n) is 8.65. The van der Waals surface area contributed by atoms with Crippen LogP contribution in [0.25, 0.3) is 0 Å². The molecule has 0 aromatic heterocycles. The molecule has 2 aliphatic rings. The number of hydrogen-bond donors (Lipinski definition) is 0. The second kappa shape index (κ2) is 6.44. The molecule has 0 N–H and O–H groups in total. The summed E-state index contributed by atoms with van der Waals surface area (Å²) >= 11 is 0. The number of carbonyl (C=O) groups excluding carboxylic acids is 1. The lowest BCUT2D eigenvalue weighted by Gasteiger charge is -2.39. The van der Waals surface area contributed by atoms with E-state index in [2.05, 4.69) is 37.8 Å². The molecule has 2 atom stereocenters. The molecular weight excluding hydrogens is 316 g/mol. The van der Waals surface area contributed by atoms with Gasteiger partial charge in [0.1, 0.15) is 5.71 Å². The van der Waals surface area contributed by atoms with Crippen LogP contribution in [0.5, 0.6) is 0 Å². The van der Waals surface area contributed by atoms with Gasteiger partial charge in [0.05, 0.1) is 12.0 Å². The molecule has 5 nitrogen and oxygen atoms in total. The van der Waals surface area contributed by atoms with Crippen LogP contribution in [-0.4, -0.2) is 36.1 Å². The summed E-state index contributed by atoms with van der Waals surface area (Å²) in [6, 6.07) is 9.80. The summed E-state index contributed by atoms with van der Waals surface area (Å²) in [4.78, 5) is 19.6. The topological polar surface area (TPSA) is 51.1 Å². The first-order valence-corrected chi connectivity index (χ1v) is 8.65. The summed E-state index contributed by atoms with van der Waals surface area (Å²) in [6.45, 7) is 9.14. The average Bonchev–Trinajstić information content (AvgIpc) is 3.12. The molecule has 0 aliphatic carbocycles. The van der Waals surface area contributed by atoms with E-state index in [4.69, 9.17) is 9.57 Å². The van der Waals surface area contributed by atoms with Gasteiger partial charge in [0.25, 0.3) is 0 Å². The van der Waals surface area contributed by atoms with E-state index in [0.29, 0.717) is 18.9 Å². The first kappa shape index (κ1) is 17.3. The van der Waals surface area contributed by atoms with Crippen LogP contribution in [0.4, 0.5) is 4.79 Å². The Morgan fingerprint density at radius 2 is 2.08 bits per heavy atom. The van der Waals surface area contributed by atoms with Gasteiger partial charge in [-0.1, -0.05) is 50.0 Å². The predicted octanol–water partition coefficient (Wildman–Crippen LogP) is 3.65. The molecule has 2 heterocycles. The van der Waals surface area contributed by atoms with Crippen LogP contribution in [0.1, 0.15) is 39.7 Å². The Morgan fingerprint density at radius 1 is 1.36 bits per heavy atom. The van der Waals surface area contributed by atoms with Crippen molar-refractivity contribution in [3.05, 3.63) is 35.9 Å². The van der Waals surface area contributed by atoms with Crippen molar-refractivity contribution in [3.63, 3.8) is 0 Å². The standard InChI is InChI=1S/C20H24N2O3/c1-5-24-18(23)22-14-13-20(19(2,3)4)16(21-25-17(20)22)12-11-15-9-7-6-8-10-15/h6-10,17H,5,13-14H2,1-4H3. The van der Waals surface area contributed by atoms with Gasteiger partial charge in [-0.2, -0.15) is 0 Å². The molecule has 0 bridgehead atoms. The number of oxime groups is 1. The van der Waals surface area contributed by atoms with Gasteiger partial charge in [-0.25, -0.2) is 4.79 Å². The van der Waals surface area contributed by atoms with Crippen molar-refractivity contribution in [2.75, 3.05) is 13.2 Å². The van der Waals surface area contributed by atoms with Crippen LogP contribution in [0.15, 0.2) is 35.5 Å². The van der Waals surface area contributed by atoms with Gasteiger partial charge in [0, 0.05) is 12.1 Å². The Morgan fingerprint density at radius 3 is 2.72 bits per heavy atom. The highest BCUT2D eigenvalue weighted by Gasteiger charge is 2.63. The van der Waals surface area contributed by atoms with Crippen molar-refractivity contribution < 1.29 is 14.4 Å². The van der Waals surface area contributed by atoms with E-state index < -0.39 is 11.6 Å². The first-order chi connectivity index (χ1) is 11.9. The van der Waals surface area contributed by atoms with Crippen LogP contribution in [0.2, 0.25) is 0 Å². The zero-order chi connectivity index (χ0) is 18.1. The number of carbonyl (C=O) groups is 1. The van der Waals surface area contributed by atoms with Gasteiger partial charge in [0.15, 0.2) is 0 Å². The molecule has 2 aliphatic heterocycles. The lowest BCUT2D eigenvalue weighted by molar-refractivity contribution is -0.0713. The molecule has 1 saturated heterocycles. The van der Waals surface area contributed by atoms with E-state index in [-0.39, 0.29) is 11.5 Å². The quantitative estimate of drug-likeness (QED) is 0.733. The molecular formula is C20H24N2O3.